The fourth-order valence-electron chi connectivity index (χ4n) is 3.69. The van der Waals surface area contributed by atoms with E-state index in [2.05, 4.69) is 36.2 Å². The Hall–Kier alpha value is -2.89. The number of nitrogens with one attached hydrogen (secondary N) is 1. The van der Waals surface area contributed by atoms with E-state index in [4.69, 9.17) is 4.74 Å². The van der Waals surface area contributed by atoms with Gasteiger partial charge in [0.2, 0.25) is 0 Å². The van der Waals surface area contributed by atoms with Gasteiger partial charge >= 0.3 is 0 Å². The lowest BCUT2D eigenvalue weighted by atomic mass is 9.80. The first kappa shape index (κ1) is 19.9. The number of halogens is 1. The smallest absolute Gasteiger partial charge is 0.271 e. The summed E-state index contributed by atoms with van der Waals surface area (Å²) in [6.07, 6.45) is 2.32. The van der Waals surface area contributed by atoms with Crippen LogP contribution in [0.3, 0.4) is 0 Å². The number of methoxy groups -OCH3 is 1. The van der Waals surface area contributed by atoms with Crippen molar-refractivity contribution in [3.8, 4) is 5.75 Å². The molecule has 1 heterocycles. The largest absolute Gasteiger partial charge is 0.497 e. The highest BCUT2D eigenvalue weighted by Gasteiger charge is 2.34. The van der Waals surface area contributed by atoms with Crippen molar-refractivity contribution in [2.45, 2.75) is 38.6 Å². The van der Waals surface area contributed by atoms with Crippen LogP contribution >= 0.6 is 0 Å². The van der Waals surface area contributed by atoms with Gasteiger partial charge in [-0.2, -0.15) is 5.10 Å². The molecule has 1 unspecified atom stereocenters. The van der Waals surface area contributed by atoms with Crippen LogP contribution < -0.4 is 15.1 Å². The normalized spacial score (nSPS) is 18.1. The Morgan fingerprint density at radius 1 is 1.36 bits per heavy atom. The maximum absolute atomic E-state index is 14.6. The summed E-state index contributed by atoms with van der Waals surface area (Å²) in [5.74, 6) is 0.136. The van der Waals surface area contributed by atoms with Gasteiger partial charge in [-0.1, -0.05) is 13.0 Å². The van der Waals surface area contributed by atoms with Gasteiger partial charge in [0.1, 0.15) is 11.6 Å². The molecule has 1 aliphatic heterocycles. The molecular weight excluding hydrogens is 357 g/mol. The third-order valence-corrected chi connectivity index (χ3v) is 5.45. The molecule has 0 saturated heterocycles. The molecule has 0 radical (unpaired) electrons. The zero-order chi connectivity index (χ0) is 20.5. The summed E-state index contributed by atoms with van der Waals surface area (Å²) in [5.41, 5.74) is 5.17. The van der Waals surface area contributed by atoms with E-state index in [-0.39, 0.29) is 17.3 Å². The van der Waals surface area contributed by atoms with Gasteiger partial charge in [0.25, 0.3) is 5.91 Å². The molecule has 1 amide bonds. The Kier molecular flexibility index (Phi) is 5.40. The maximum Gasteiger partial charge on any atom is 0.271 e. The molecule has 28 heavy (non-hydrogen) atoms. The van der Waals surface area contributed by atoms with Crippen molar-refractivity contribution in [3.05, 3.63) is 58.9 Å². The first-order valence-corrected chi connectivity index (χ1v) is 9.27. The predicted molar refractivity (Wildman–Crippen MR) is 110 cm³/mol. The standard InChI is InChI=1S/C22H26FN3O2/c1-14-12-22(2,3)26(4)20-11-19(23)16(10-18(14)20)13-24-25-21(27)15-7-6-8-17(9-15)28-5/h6-11,13-14H,12H2,1-5H3,(H,25,27)/b24-13-. The molecular formula is C22H26FN3O2. The molecule has 2 aromatic carbocycles. The summed E-state index contributed by atoms with van der Waals surface area (Å²) in [7, 11) is 3.53. The van der Waals surface area contributed by atoms with Crippen LogP contribution in [-0.2, 0) is 0 Å². The second-order valence-corrected chi connectivity index (χ2v) is 7.84. The number of nitrogens with zero attached hydrogens (tertiary/aromatic N) is 2. The number of rotatable bonds is 4. The molecule has 1 atom stereocenters. The van der Waals surface area contributed by atoms with Crippen molar-refractivity contribution in [2.75, 3.05) is 19.1 Å². The molecule has 1 aliphatic rings. The first-order valence-electron chi connectivity index (χ1n) is 9.27. The number of hydrogen-bond acceptors (Lipinski definition) is 4. The highest BCUT2D eigenvalue weighted by Crippen LogP contribution is 2.43. The van der Waals surface area contributed by atoms with Crippen molar-refractivity contribution in [1.29, 1.82) is 0 Å². The molecule has 148 valence electrons. The highest BCUT2D eigenvalue weighted by atomic mass is 19.1. The summed E-state index contributed by atoms with van der Waals surface area (Å²) in [4.78, 5) is 14.3. The Morgan fingerprint density at radius 2 is 2.11 bits per heavy atom. The van der Waals surface area contributed by atoms with Gasteiger partial charge in [-0.25, -0.2) is 9.82 Å². The van der Waals surface area contributed by atoms with E-state index >= 15 is 0 Å². The number of hydrazone groups is 1. The van der Waals surface area contributed by atoms with E-state index in [0.717, 1.165) is 17.7 Å². The van der Waals surface area contributed by atoms with E-state index < -0.39 is 0 Å². The van der Waals surface area contributed by atoms with Crippen LogP contribution in [0.15, 0.2) is 41.5 Å². The van der Waals surface area contributed by atoms with Crippen LogP contribution in [0.1, 0.15) is 54.6 Å². The average Bonchev–Trinajstić information content (AvgIpc) is 2.66. The number of ether oxygens (including phenoxy) is 1. The number of fused-ring (bicyclic) bond motifs is 1. The molecule has 0 bridgehead atoms. The van der Waals surface area contributed by atoms with Crippen molar-refractivity contribution >= 4 is 17.8 Å². The second kappa shape index (κ2) is 7.62. The summed E-state index contributed by atoms with van der Waals surface area (Å²) < 4.78 is 19.7. The van der Waals surface area contributed by atoms with Gasteiger partial charge in [0.05, 0.1) is 13.3 Å². The van der Waals surface area contributed by atoms with Gasteiger partial charge in [-0.15, -0.1) is 0 Å². The Labute approximate surface area is 165 Å². The average molecular weight is 383 g/mol. The first-order chi connectivity index (χ1) is 13.2. The SMILES string of the molecule is COc1cccc(C(=O)N/N=C\c2cc3c(cc2F)N(C)C(C)(C)CC3C)c1. The van der Waals surface area contributed by atoms with E-state index in [1.54, 1.807) is 30.3 Å². The van der Waals surface area contributed by atoms with Crippen molar-refractivity contribution in [3.63, 3.8) is 0 Å². The van der Waals surface area contributed by atoms with Crippen LogP contribution in [0.25, 0.3) is 0 Å². The molecule has 0 aliphatic carbocycles. The number of hydrogen-bond donors (Lipinski definition) is 1. The molecule has 5 nitrogen and oxygen atoms in total. The summed E-state index contributed by atoms with van der Waals surface area (Å²) in [5, 5.41) is 3.94. The minimum Gasteiger partial charge on any atom is -0.497 e. The number of carbonyl (C=O) groups is 1. The zero-order valence-electron chi connectivity index (χ0n) is 16.9. The van der Waals surface area contributed by atoms with Crippen LogP contribution in [0.4, 0.5) is 10.1 Å². The summed E-state index contributed by atoms with van der Waals surface area (Å²) >= 11 is 0. The Morgan fingerprint density at radius 3 is 2.82 bits per heavy atom. The molecule has 2 aromatic rings. The van der Waals surface area contributed by atoms with Gasteiger partial charge in [0, 0.05) is 29.4 Å². The van der Waals surface area contributed by atoms with Crippen molar-refractivity contribution < 1.29 is 13.9 Å². The van der Waals surface area contributed by atoms with E-state index in [9.17, 15) is 9.18 Å². The Balaban J connectivity index is 1.79. The van der Waals surface area contributed by atoms with E-state index in [0.29, 0.717) is 22.8 Å². The second-order valence-electron chi connectivity index (χ2n) is 7.84. The minimum absolute atomic E-state index is 0.0286. The maximum atomic E-state index is 14.6. The quantitative estimate of drug-likeness (QED) is 0.632. The molecule has 0 saturated carbocycles. The summed E-state index contributed by atoms with van der Waals surface area (Å²) in [6, 6.07) is 10.1. The predicted octanol–water partition coefficient (Wildman–Crippen LogP) is 4.32. The van der Waals surface area contributed by atoms with E-state index in [1.807, 2.05) is 13.1 Å². The number of carbonyl (C=O) groups excluding carboxylic acids is 1. The molecule has 1 N–H and O–H groups in total. The summed E-state index contributed by atoms with van der Waals surface area (Å²) in [6.45, 7) is 6.47. The van der Waals surface area contributed by atoms with Crippen LogP contribution in [0, 0.1) is 5.82 Å². The third-order valence-electron chi connectivity index (χ3n) is 5.45. The van der Waals surface area contributed by atoms with Gasteiger partial charge in [-0.05, 0) is 62.1 Å². The lowest BCUT2D eigenvalue weighted by molar-refractivity contribution is 0.0954. The van der Waals surface area contributed by atoms with Crippen LogP contribution in [0.2, 0.25) is 0 Å². The number of benzene rings is 2. The van der Waals surface area contributed by atoms with Crippen molar-refractivity contribution in [1.82, 2.24) is 5.43 Å². The van der Waals surface area contributed by atoms with Crippen LogP contribution in [0.5, 0.6) is 5.75 Å². The third kappa shape index (κ3) is 3.86. The molecule has 0 fully saturated rings. The lowest BCUT2D eigenvalue weighted by Crippen LogP contribution is -2.45. The fraction of sp³-hybridized carbons (Fsp3) is 0.364. The molecule has 0 aromatic heterocycles. The molecule has 0 spiro atoms. The topological polar surface area (TPSA) is 53.9 Å². The number of anilines is 1. The zero-order valence-corrected chi connectivity index (χ0v) is 16.9. The van der Waals surface area contributed by atoms with Gasteiger partial charge < -0.3 is 9.64 Å². The number of amides is 1. The highest BCUT2D eigenvalue weighted by molar-refractivity contribution is 5.95. The fourth-order valence-corrected chi connectivity index (χ4v) is 3.69. The molecule has 3 rings (SSSR count). The van der Waals surface area contributed by atoms with E-state index in [1.165, 1.54) is 13.3 Å². The van der Waals surface area contributed by atoms with Gasteiger partial charge in [-0.3, -0.25) is 4.79 Å². The van der Waals surface area contributed by atoms with Crippen LogP contribution in [-0.4, -0.2) is 31.8 Å². The monoisotopic (exact) mass is 383 g/mol. The lowest BCUT2D eigenvalue weighted by Gasteiger charge is -2.45. The molecule has 6 heteroatoms. The van der Waals surface area contributed by atoms with Crippen molar-refractivity contribution in [2.24, 2.45) is 5.10 Å². The minimum atomic E-state index is -0.386. The van der Waals surface area contributed by atoms with Gasteiger partial charge in [0.15, 0.2) is 0 Å². The Bertz CT molecular complexity index is 924.